The molecule has 0 unspecified atom stereocenters. The number of anilines is 2. The molecule has 98 valence electrons. The Bertz CT molecular complexity index is 632. The molecule has 1 aliphatic rings. The molecule has 1 amide bonds. The van der Waals surface area contributed by atoms with E-state index in [1.54, 1.807) is 0 Å². The maximum absolute atomic E-state index is 13.6. The summed E-state index contributed by atoms with van der Waals surface area (Å²) in [6.45, 7) is 2.41. The number of nitrogens with zero attached hydrogens (tertiary/aromatic N) is 1. The lowest BCUT2D eigenvalue weighted by molar-refractivity contribution is -0.120. The van der Waals surface area contributed by atoms with Gasteiger partial charge in [0, 0.05) is 6.07 Å². The summed E-state index contributed by atoms with van der Waals surface area (Å²) in [7, 11) is -4.02. The third-order valence-corrected chi connectivity index (χ3v) is 5.14. The number of nitrogen functional groups attached to an aromatic ring is 1. The van der Waals surface area contributed by atoms with Crippen molar-refractivity contribution in [2.75, 3.05) is 10.0 Å². The van der Waals surface area contributed by atoms with Gasteiger partial charge in [-0.25, -0.2) is 17.2 Å². The average Bonchev–Trinajstić information content (AvgIpc) is 2.21. The molecule has 18 heavy (non-hydrogen) atoms. The lowest BCUT2D eigenvalue weighted by Crippen LogP contribution is -2.68. The molecule has 1 aromatic rings. The summed E-state index contributed by atoms with van der Waals surface area (Å²) in [4.78, 5) is 11.7. The van der Waals surface area contributed by atoms with Crippen LogP contribution in [0, 0.1) is 11.6 Å². The van der Waals surface area contributed by atoms with Crippen molar-refractivity contribution < 1.29 is 22.0 Å². The number of sulfonamides is 1. The van der Waals surface area contributed by atoms with Gasteiger partial charge in [0.25, 0.3) is 15.9 Å². The largest absolute Gasteiger partial charge is 0.397 e. The van der Waals surface area contributed by atoms with E-state index in [0.29, 0.717) is 6.07 Å². The monoisotopic (exact) mass is 276 g/mol. The number of hydrogen-bond acceptors (Lipinski definition) is 4. The van der Waals surface area contributed by atoms with Crippen LogP contribution in [0.3, 0.4) is 0 Å². The van der Waals surface area contributed by atoms with Crippen molar-refractivity contribution in [3.63, 3.8) is 0 Å². The van der Waals surface area contributed by atoms with Crippen LogP contribution in [0.5, 0.6) is 0 Å². The van der Waals surface area contributed by atoms with Gasteiger partial charge in [-0.05, 0) is 19.9 Å². The predicted octanol–water partition coefficient (Wildman–Crippen LogP) is 1.00. The van der Waals surface area contributed by atoms with Crippen molar-refractivity contribution in [3.8, 4) is 0 Å². The highest BCUT2D eigenvalue weighted by Gasteiger charge is 2.61. The second-order valence-electron chi connectivity index (χ2n) is 4.41. The highest BCUT2D eigenvalue weighted by Crippen LogP contribution is 2.42. The summed E-state index contributed by atoms with van der Waals surface area (Å²) in [5.41, 5.74) is 4.30. The Balaban J connectivity index is 2.64. The molecule has 0 radical (unpaired) electrons. The molecule has 2 rings (SSSR count). The van der Waals surface area contributed by atoms with Crippen LogP contribution in [0.15, 0.2) is 12.1 Å². The normalized spacial score (nSPS) is 20.7. The van der Waals surface area contributed by atoms with E-state index in [1.165, 1.54) is 13.8 Å². The molecular weight excluding hydrogens is 266 g/mol. The summed E-state index contributed by atoms with van der Waals surface area (Å²) in [5.74, 6) is -2.95. The van der Waals surface area contributed by atoms with Crippen molar-refractivity contribution in [2.24, 2.45) is 0 Å². The van der Waals surface area contributed by atoms with Crippen LogP contribution < -0.4 is 10.0 Å². The summed E-state index contributed by atoms with van der Waals surface area (Å²) in [6.07, 6.45) is 0. The lowest BCUT2D eigenvalue weighted by Gasteiger charge is -2.43. The van der Waals surface area contributed by atoms with Crippen LogP contribution in [0.25, 0.3) is 0 Å². The van der Waals surface area contributed by atoms with E-state index in [2.05, 4.69) is 0 Å². The average molecular weight is 276 g/mol. The topological polar surface area (TPSA) is 80.5 Å². The minimum atomic E-state index is -4.02. The lowest BCUT2D eigenvalue weighted by atomic mass is 10.1. The first-order valence-corrected chi connectivity index (χ1v) is 6.38. The first-order chi connectivity index (χ1) is 8.10. The van der Waals surface area contributed by atoms with Gasteiger partial charge in [-0.2, -0.15) is 4.31 Å². The fraction of sp³-hybridized carbons (Fsp3) is 0.300. The highest BCUT2D eigenvalue weighted by molar-refractivity contribution is 7.98. The Labute approximate surface area is 102 Å². The van der Waals surface area contributed by atoms with E-state index >= 15 is 0 Å². The summed E-state index contributed by atoms with van der Waals surface area (Å²) >= 11 is 0. The van der Waals surface area contributed by atoms with Crippen LogP contribution in [0.1, 0.15) is 13.8 Å². The van der Waals surface area contributed by atoms with Gasteiger partial charge in [-0.3, -0.25) is 4.79 Å². The molecule has 1 aliphatic heterocycles. The molecule has 0 spiro atoms. The standard InChI is InChI=1S/C10H10F2N2O3S/c1-10(2)9(15)14(18(10,16)17)8-6(12)3-5(11)4-7(8)13/h3-4H,13H2,1-2H3. The molecule has 0 aliphatic carbocycles. The number of halogens is 2. The van der Waals surface area contributed by atoms with Crippen LogP contribution in [0.2, 0.25) is 0 Å². The molecule has 1 aromatic carbocycles. The Morgan fingerprint density at radius 1 is 1.28 bits per heavy atom. The molecule has 8 heteroatoms. The second kappa shape index (κ2) is 3.41. The van der Waals surface area contributed by atoms with Crippen molar-refractivity contribution in [1.82, 2.24) is 0 Å². The van der Waals surface area contributed by atoms with Crippen molar-refractivity contribution in [2.45, 2.75) is 18.6 Å². The van der Waals surface area contributed by atoms with Gasteiger partial charge in [0.15, 0.2) is 10.6 Å². The zero-order chi connectivity index (χ0) is 13.9. The first kappa shape index (κ1) is 12.7. The van der Waals surface area contributed by atoms with E-state index in [1.807, 2.05) is 0 Å². The number of hydrogen-bond donors (Lipinski definition) is 1. The van der Waals surface area contributed by atoms with E-state index in [9.17, 15) is 22.0 Å². The zero-order valence-electron chi connectivity index (χ0n) is 9.57. The molecule has 2 N–H and O–H groups in total. The van der Waals surface area contributed by atoms with Gasteiger partial charge in [-0.15, -0.1) is 0 Å². The van der Waals surface area contributed by atoms with E-state index in [0.717, 1.165) is 6.07 Å². The maximum atomic E-state index is 13.6. The molecular formula is C10H10F2N2O3S. The van der Waals surface area contributed by atoms with Gasteiger partial charge < -0.3 is 5.73 Å². The minimum Gasteiger partial charge on any atom is -0.397 e. The number of amides is 1. The number of carbonyl (C=O) groups excluding carboxylic acids is 1. The first-order valence-electron chi connectivity index (χ1n) is 4.94. The van der Waals surface area contributed by atoms with Gasteiger partial charge in [-0.1, -0.05) is 0 Å². The molecule has 5 nitrogen and oxygen atoms in total. The maximum Gasteiger partial charge on any atom is 0.263 e. The Morgan fingerprint density at radius 3 is 2.28 bits per heavy atom. The van der Waals surface area contributed by atoms with Crippen molar-refractivity contribution in [3.05, 3.63) is 23.8 Å². The molecule has 1 heterocycles. The Kier molecular flexibility index (Phi) is 2.41. The predicted molar refractivity (Wildman–Crippen MR) is 61.3 cm³/mol. The van der Waals surface area contributed by atoms with E-state index in [-0.39, 0.29) is 4.31 Å². The van der Waals surface area contributed by atoms with E-state index < -0.39 is 43.7 Å². The Morgan fingerprint density at radius 2 is 1.83 bits per heavy atom. The van der Waals surface area contributed by atoms with Crippen molar-refractivity contribution in [1.29, 1.82) is 0 Å². The van der Waals surface area contributed by atoms with Crippen LogP contribution in [-0.2, 0) is 14.8 Å². The molecule has 0 bridgehead atoms. The fourth-order valence-corrected chi connectivity index (χ4v) is 3.19. The molecule has 0 saturated carbocycles. The number of nitrogens with two attached hydrogens (primary N) is 1. The zero-order valence-corrected chi connectivity index (χ0v) is 10.4. The third kappa shape index (κ3) is 1.35. The van der Waals surface area contributed by atoms with Gasteiger partial charge in [0.05, 0.1) is 5.69 Å². The molecule has 0 atom stereocenters. The Hall–Kier alpha value is -1.70. The van der Waals surface area contributed by atoms with Gasteiger partial charge >= 0.3 is 0 Å². The fourth-order valence-electron chi connectivity index (χ4n) is 1.68. The van der Waals surface area contributed by atoms with Gasteiger partial charge in [0.1, 0.15) is 11.5 Å². The van der Waals surface area contributed by atoms with Crippen LogP contribution >= 0.6 is 0 Å². The van der Waals surface area contributed by atoms with Gasteiger partial charge in [0.2, 0.25) is 0 Å². The second-order valence-corrected chi connectivity index (χ2v) is 6.75. The van der Waals surface area contributed by atoms with Crippen molar-refractivity contribution >= 4 is 27.3 Å². The minimum absolute atomic E-state index is 0.275. The molecule has 0 aromatic heterocycles. The highest BCUT2D eigenvalue weighted by atomic mass is 32.2. The summed E-state index contributed by atoms with van der Waals surface area (Å²) < 4.78 is 48.8. The summed E-state index contributed by atoms with van der Waals surface area (Å²) in [5, 5.41) is 0. The molecule has 1 fully saturated rings. The molecule has 1 saturated heterocycles. The number of rotatable bonds is 1. The SMILES string of the molecule is CC1(C)C(=O)N(c2c(N)cc(F)cc2F)S1(=O)=O. The quantitative estimate of drug-likeness (QED) is 0.776. The number of carbonyl (C=O) groups is 1. The smallest absolute Gasteiger partial charge is 0.263 e. The van der Waals surface area contributed by atoms with E-state index in [4.69, 9.17) is 5.73 Å². The van der Waals surface area contributed by atoms with Crippen LogP contribution in [-0.4, -0.2) is 19.1 Å². The van der Waals surface area contributed by atoms with Crippen LogP contribution in [0.4, 0.5) is 20.2 Å². The third-order valence-electron chi connectivity index (χ3n) is 2.85. The number of benzene rings is 1. The summed E-state index contributed by atoms with van der Waals surface area (Å²) in [6, 6.07) is 1.23.